The third kappa shape index (κ3) is 4.92. The normalized spacial score (nSPS) is 10.4. The third-order valence-electron chi connectivity index (χ3n) is 4.13. The fourth-order valence-corrected chi connectivity index (χ4v) is 2.82. The molecule has 0 spiro atoms. The molecule has 0 atom stereocenters. The maximum Gasteiger partial charge on any atom is 0.269 e. The van der Waals surface area contributed by atoms with Crippen LogP contribution in [-0.4, -0.2) is 12.0 Å². The van der Waals surface area contributed by atoms with Crippen LogP contribution in [0.4, 0.5) is 11.4 Å². The fraction of sp³-hybridized carbons (Fsp3) is 0.143. The van der Waals surface area contributed by atoms with E-state index in [0.29, 0.717) is 23.1 Å². The minimum atomic E-state index is -0.428. The zero-order valence-electron chi connectivity index (χ0n) is 15.2. The van der Waals surface area contributed by atoms with Crippen LogP contribution in [0.1, 0.15) is 11.1 Å². The van der Waals surface area contributed by atoms with Crippen molar-refractivity contribution in [1.82, 2.24) is 0 Å². The highest BCUT2D eigenvalue weighted by Gasteiger charge is 2.08. The van der Waals surface area contributed by atoms with Crippen molar-refractivity contribution in [2.24, 2.45) is 0 Å². The molecule has 3 rings (SSSR count). The van der Waals surface area contributed by atoms with Gasteiger partial charge in [-0.05, 0) is 47.5 Å². The first kappa shape index (κ1) is 19.5. The summed E-state index contributed by atoms with van der Waals surface area (Å²) in [4.78, 5) is 10.3. The van der Waals surface area contributed by atoms with Crippen LogP contribution in [0.3, 0.4) is 0 Å². The molecule has 0 aliphatic rings. The van der Waals surface area contributed by atoms with Gasteiger partial charge >= 0.3 is 0 Å². The lowest BCUT2D eigenvalue weighted by atomic mass is 10.2. The van der Waals surface area contributed by atoms with Gasteiger partial charge in [0.25, 0.3) is 5.69 Å². The van der Waals surface area contributed by atoms with E-state index in [9.17, 15) is 10.1 Å². The van der Waals surface area contributed by atoms with E-state index in [0.717, 1.165) is 16.8 Å². The lowest BCUT2D eigenvalue weighted by Gasteiger charge is -2.13. The molecule has 0 unspecified atom stereocenters. The van der Waals surface area contributed by atoms with Crippen LogP contribution in [0.2, 0.25) is 5.02 Å². The molecule has 0 fully saturated rings. The number of nitrogens with one attached hydrogen (secondary N) is 1. The third-order valence-corrected chi connectivity index (χ3v) is 4.46. The molecule has 7 heteroatoms. The van der Waals surface area contributed by atoms with Crippen LogP contribution in [0.25, 0.3) is 0 Å². The molecule has 144 valence electrons. The Morgan fingerprint density at radius 1 is 1.00 bits per heavy atom. The standard InChI is InChI=1S/C21H19ClN2O4/c1-27-21-12-16(13-23-19-5-3-2-4-18(19)22)8-11-20(21)28-14-15-6-9-17(10-7-15)24(25)26/h2-12,23H,13-14H2,1H3. The van der Waals surface area contributed by atoms with E-state index in [1.165, 1.54) is 12.1 Å². The maximum atomic E-state index is 10.7. The average Bonchev–Trinajstić information content (AvgIpc) is 2.72. The number of benzene rings is 3. The predicted octanol–water partition coefficient (Wildman–Crippen LogP) is 5.45. The Morgan fingerprint density at radius 3 is 2.39 bits per heavy atom. The number of rotatable bonds is 8. The number of nitrogens with zero attached hydrogens (tertiary/aromatic N) is 1. The molecule has 0 aromatic heterocycles. The smallest absolute Gasteiger partial charge is 0.269 e. The van der Waals surface area contributed by atoms with E-state index in [-0.39, 0.29) is 12.3 Å². The average molecular weight is 399 g/mol. The lowest BCUT2D eigenvalue weighted by molar-refractivity contribution is -0.384. The summed E-state index contributed by atoms with van der Waals surface area (Å²) >= 11 is 6.16. The summed E-state index contributed by atoms with van der Waals surface area (Å²) in [5.41, 5.74) is 2.76. The van der Waals surface area contributed by atoms with Crippen LogP contribution in [0.5, 0.6) is 11.5 Å². The van der Waals surface area contributed by atoms with Crippen molar-refractivity contribution in [3.63, 3.8) is 0 Å². The van der Waals surface area contributed by atoms with Gasteiger partial charge in [0.15, 0.2) is 11.5 Å². The van der Waals surface area contributed by atoms with Gasteiger partial charge in [-0.3, -0.25) is 10.1 Å². The minimum absolute atomic E-state index is 0.0525. The van der Waals surface area contributed by atoms with E-state index >= 15 is 0 Å². The number of para-hydroxylation sites is 1. The van der Waals surface area contributed by atoms with Crippen LogP contribution >= 0.6 is 11.6 Å². The molecule has 0 aliphatic carbocycles. The first-order valence-electron chi connectivity index (χ1n) is 8.58. The fourth-order valence-electron chi connectivity index (χ4n) is 2.62. The Balaban J connectivity index is 1.64. The van der Waals surface area contributed by atoms with Gasteiger partial charge in [-0.25, -0.2) is 0 Å². The van der Waals surface area contributed by atoms with Gasteiger partial charge in [-0.1, -0.05) is 29.8 Å². The number of halogens is 1. The van der Waals surface area contributed by atoms with Gasteiger partial charge in [0, 0.05) is 18.7 Å². The molecule has 0 amide bonds. The van der Waals surface area contributed by atoms with Crippen molar-refractivity contribution in [3.05, 3.63) is 93.0 Å². The number of nitro benzene ring substituents is 1. The van der Waals surface area contributed by atoms with Crippen LogP contribution < -0.4 is 14.8 Å². The number of methoxy groups -OCH3 is 1. The van der Waals surface area contributed by atoms with Crippen LogP contribution in [-0.2, 0) is 13.2 Å². The Kier molecular flexibility index (Phi) is 6.34. The van der Waals surface area contributed by atoms with Gasteiger partial charge in [-0.2, -0.15) is 0 Å². The molecule has 0 radical (unpaired) electrons. The molecule has 0 saturated heterocycles. The molecule has 6 nitrogen and oxygen atoms in total. The topological polar surface area (TPSA) is 73.6 Å². The van der Waals surface area contributed by atoms with Crippen molar-refractivity contribution in [3.8, 4) is 11.5 Å². The van der Waals surface area contributed by atoms with E-state index in [2.05, 4.69) is 5.32 Å². The molecule has 28 heavy (non-hydrogen) atoms. The summed E-state index contributed by atoms with van der Waals surface area (Å²) in [6, 6.07) is 19.5. The highest BCUT2D eigenvalue weighted by atomic mass is 35.5. The van der Waals surface area contributed by atoms with Crippen molar-refractivity contribution in [2.75, 3.05) is 12.4 Å². The summed E-state index contributed by atoms with van der Waals surface area (Å²) in [6.45, 7) is 0.869. The summed E-state index contributed by atoms with van der Waals surface area (Å²) in [5, 5.41) is 14.7. The van der Waals surface area contributed by atoms with E-state index in [1.54, 1.807) is 19.2 Å². The van der Waals surface area contributed by atoms with E-state index < -0.39 is 4.92 Å². The monoisotopic (exact) mass is 398 g/mol. The molecule has 0 bridgehead atoms. The summed E-state index contributed by atoms with van der Waals surface area (Å²) in [6.07, 6.45) is 0. The summed E-state index contributed by atoms with van der Waals surface area (Å²) < 4.78 is 11.2. The molecular weight excluding hydrogens is 380 g/mol. The van der Waals surface area contributed by atoms with Gasteiger partial charge < -0.3 is 14.8 Å². The largest absolute Gasteiger partial charge is 0.493 e. The molecule has 0 heterocycles. The Hall–Kier alpha value is -3.25. The number of ether oxygens (including phenoxy) is 2. The van der Waals surface area contributed by atoms with Gasteiger partial charge in [-0.15, -0.1) is 0 Å². The van der Waals surface area contributed by atoms with E-state index in [1.807, 2.05) is 42.5 Å². The first-order valence-corrected chi connectivity index (χ1v) is 8.96. The number of non-ortho nitro benzene ring substituents is 1. The zero-order valence-corrected chi connectivity index (χ0v) is 16.0. The molecule has 0 aliphatic heterocycles. The van der Waals surface area contributed by atoms with Gasteiger partial charge in [0.2, 0.25) is 0 Å². The quantitative estimate of drug-likeness (QED) is 0.403. The van der Waals surface area contributed by atoms with Crippen molar-refractivity contribution in [2.45, 2.75) is 13.2 Å². The van der Waals surface area contributed by atoms with Crippen LogP contribution in [0.15, 0.2) is 66.7 Å². The van der Waals surface area contributed by atoms with Gasteiger partial charge in [0.05, 0.1) is 22.7 Å². The molecule has 0 saturated carbocycles. The molecule has 3 aromatic carbocycles. The predicted molar refractivity (Wildman–Crippen MR) is 109 cm³/mol. The number of hydrogen-bond acceptors (Lipinski definition) is 5. The van der Waals surface area contributed by atoms with E-state index in [4.69, 9.17) is 21.1 Å². The molecular formula is C21H19ClN2O4. The zero-order chi connectivity index (χ0) is 19.9. The Labute approximate surface area is 167 Å². The second-order valence-electron chi connectivity index (χ2n) is 6.03. The van der Waals surface area contributed by atoms with Crippen molar-refractivity contribution >= 4 is 23.0 Å². The summed E-state index contributed by atoms with van der Waals surface area (Å²) in [7, 11) is 1.58. The first-order chi connectivity index (χ1) is 13.6. The van der Waals surface area contributed by atoms with Crippen LogP contribution in [0, 0.1) is 10.1 Å². The second-order valence-corrected chi connectivity index (χ2v) is 6.44. The maximum absolute atomic E-state index is 10.7. The number of hydrogen-bond donors (Lipinski definition) is 1. The van der Waals surface area contributed by atoms with Crippen molar-refractivity contribution in [1.29, 1.82) is 0 Å². The number of nitro groups is 1. The van der Waals surface area contributed by atoms with Crippen molar-refractivity contribution < 1.29 is 14.4 Å². The SMILES string of the molecule is COc1cc(CNc2ccccc2Cl)ccc1OCc1ccc([N+](=O)[O-])cc1. The highest BCUT2D eigenvalue weighted by molar-refractivity contribution is 6.33. The summed E-state index contributed by atoms with van der Waals surface area (Å²) in [5.74, 6) is 1.21. The van der Waals surface area contributed by atoms with Gasteiger partial charge in [0.1, 0.15) is 6.61 Å². The number of anilines is 1. The highest BCUT2D eigenvalue weighted by Crippen LogP contribution is 2.30. The Bertz CT molecular complexity index is 961. The second kappa shape index (κ2) is 9.10. The molecule has 1 N–H and O–H groups in total. The lowest BCUT2D eigenvalue weighted by Crippen LogP contribution is -2.02. The minimum Gasteiger partial charge on any atom is -0.493 e. The molecule has 3 aromatic rings. The Morgan fingerprint density at radius 2 is 1.71 bits per heavy atom.